The number of aryl methyl sites for hydroxylation is 2. The van der Waals surface area contributed by atoms with Crippen molar-refractivity contribution in [2.75, 3.05) is 11.9 Å². The molecule has 0 aliphatic rings. The first-order valence-electron chi connectivity index (χ1n) is 7.48. The van der Waals surface area contributed by atoms with E-state index in [1.54, 1.807) is 28.9 Å². The van der Waals surface area contributed by atoms with Crippen LogP contribution in [0.2, 0.25) is 0 Å². The van der Waals surface area contributed by atoms with Crippen molar-refractivity contribution >= 4 is 17.4 Å². The minimum atomic E-state index is -0.252. The molecule has 0 unspecified atom stereocenters. The number of nitrogens with zero attached hydrogens (tertiary/aromatic N) is 2. The highest BCUT2D eigenvalue weighted by molar-refractivity contribution is 5.96. The number of aromatic nitrogens is 2. The van der Waals surface area contributed by atoms with Crippen molar-refractivity contribution in [3.8, 4) is 5.75 Å². The molecule has 122 valence electrons. The van der Waals surface area contributed by atoms with Crippen molar-refractivity contribution in [2.24, 2.45) is 7.05 Å². The van der Waals surface area contributed by atoms with Gasteiger partial charge in [0.2, 0.25) is 0 Å². The minimum Gasteiger partial charge on any atom is -0.484 e. The molecule has 0 spiro atoms. The molecular weight excluding hydrogens is 294 g/mol. The van der Waals surface area contributed by atoms with Crippen LogP contribution in [0.15, 0.2) is 24.3 Å². The van der Waals surface area contributed by atoms with E-state index in [0.717, 1.165) is 11.4 Å². The average Bonchev–Trinajstić information content (AvgIpc) is 2.79. The molecule has 1 heterocycles. The Labute approximate surface area is 135 Å². The number of rotatable bonds is 6. The first-order valence-corrected chi connectivity index (χ1v) is 7.48. The fourth-order valence-corrected chi connectivity index (χ4v) is 2.22. The van der Waals surface area contributed by atoms with Crippen LogP contribution in [0.3, 0.4) is 0 Å². The summed E-state index contributed by atoms with van der Waals surface area (Å²) in [6.45, 7) is 5.45. The average molecular weight is 315 g/mol. The molecular formula is C17H21N3O3. The topological polar surface area (TPSA) is 73.2 Å². The Morgan fingerprint density at radius 1 is 1.22 bits per heavy atom. The van der Waals surface area contributed by atoms with Gasteiger partial charge in [-0.3, -0.25) is 14.3 Å². The zero-order chi connectivity index (χ0) is 17.0. The number of hydrogen-bond donors (Lipinski definition) is 1. The summed E-state index contributed by atoms with van der Waals surface area (Å²) in [7, 11) is 1.83. The van der Waals surface area contributed by atoms with Crippen LogP contribution >= 0.6 is 0 Å². The summed E-state index contributed by atoms with van der Waals surface area (Å²) in [6, 6.07) is 6.79. The predicted octanol–water partition coefficient (Wildman–Crippen LogP) is 2.65. The molecule has 2 aromatic rings. The molecule has 0 aliphatic carbocycles. The summed E-state index contributed by atoms with van der Waals surface area (Å²) in [5.74, 6) is 0.377. The lowest BCUT2D eigenvalue weighted by atomic mass is 10.1. The number of benzene rings is 1. The third-order valence-electron chi connectivity index (χ3n) is 3.64. The second-order valence-electron chi connectivity index (χ2n) is 5.31. The van der Waals surface area contributed by atoms with Gasteiger partial charge in [0.05, 0.1) is 17.1 Å². The molecule has 0 bridgehead atoms. The number of amides is 1. The van der Waals surface area contributed by atoms with Crippen LogP contribution in [0.5, 0.6) is 5.75 Å². The Hall–Kier alpha value is -2.63. The van der Waals surface area contributed by atoms with Crippen molar-refractivity contribution in [1.29, 1.82) is 0 Å². The van der Waals surface area contributed by atoms with Crippen LogP contribution in [0.1, 0.15) is 35.1 Å². The third-order valence-corrected chi connectivity index (χ3v) is 3.64. The number of hydrogen-bond acceptors (Lipinski definition) is 4. The first-order chi connectivity index (χ1) is 10.9. The van der Waals surface area contributed by atoms with Crippen molar-refractivity contribution in [1.82, 2.24) is 9.78 Å². The van der Waals surface area contributed by atoms with E-state index in [4.69, 9.17) is 4.74 Å². The van der Waals surface area contributed by atoms with Gasteiger partial charge < -0.3 is 10.1 Å². The number of nitrogens with one attached hydrogen (secondary N) is 1. The summed E-state index contributed by atoms with van der Waals surface area (Å²) in [5.41, 5.74) is 3.01. The molecule has 23 heavy (non-hydrogen) atoms. The zero-order valence-corrected chi connectivity index (χ0v) is 13.8. The van der Waals surface area contributed by atoms with E-state index in [0.29, 0.717) is 23.4 Å². The van der Waals surface area contributed by atoms with Gasteiger partial charge in [0.1, 0.15) is 5.75 Å². The quantitative estimate of drug-likeness (QED) is 0.832. The van der Waals surface area contributed by atoms with Crippen LogP contribution in [0.4, 0.5) is 5.69 Å². The SMILES string of the molecule is CCC(=O)c1ccc(OCC(=O)Nc2c(C)nn(C)c2C)cc1. The molecule has 1 N–H and O–H groups in total. The predicted molar refractivity (Wildman–Crippen MR) is 87.9 cm³/mol. The Balaban J connectivity index is 1.93. The van der Waals surface area contributed by atoms with Gasteiger partial charge >= 0.3 is 0 Å². The van der Waals surface area contributed by atoms with Gasteiger partial charge in [-0.25, -0.2) is 0 Å². The maximum atomic E-state index is 12.0. The molecule has 0 saturated carbocycles. The largest absolute Gasteiger partial charge is 0.484 e. The Kier molecular flexibility index (Phi) is 5.16. The van der Waals surface area contributed by atoms with E-state index in [1.807, 2.05) is 27.8 Å². The standard InChI is InChI=1S/C17H21N3O3/c1-5-15(21)13-6-8-14(9-7-13)23-10-16(22)18-17-11(2)19-20(4)12(17)3/h6-9H,5,10H2,1-4H3,(H,18,22). The molecule has 0 fully saturated rings. The molecule has 0 aliphatic heterocycles. The number of carbonyl (C=O) groups is 2. The molecule has 1 aromatic carbocycles. The van der Waals surface area contributed by atoms with Gasteiger partial charge in [0, 0.05) is 19.0 Å². The van der Waals surface area contributed by atoms with E-state index in [1.165, 1.54) is 0 Å². The van der Waals surface area contributed by atoms with Gasteiger partial charge in [0.25, 0.3) is 5.91 Å². The number of ether oxygens (including phenoxy) is 1. The second kappa shape index (κ2) is 7.09. The van der Waals surface area contributed by atoms with Gasteiger partial charge in [-0.1, -0.05) is 6.92 Å². The molecule has 0 saturated heterocycles. The van der Waals surface area contributed by atoms with Crippen LogP contribution in [-0.4, -0.2) is 28.1 Å². The monoisotopic (exact) mass is 315 g/mol. The maximum absolute atomic E-state index is 12.0. The summed E-state index contributed by atoms with van der Waals surface area (Å²) in [4.78, 5) is 23.5. The van der Waals surface area contributed by atoms with Crippen molar-refractivity contribution in [2.45, 2.75) is 27.2 Å². The van der Waals surface area contributed by atoms with Gasteiger partial charge in [-0.2, -0.15) is 5.10 Å². The van der Waals surface area contributed by atoms with E-state index in [9.17, 15) is 9.59 Å². The summed E-state index contributed by atoms with van der Waals surface area (Å²) < 4.78 is 7.16. The normalized spacial score (nSPS) is 10.4. The van der Waals surface area contributed by atoms with E-state index >= 15 is 0 Å². The maximum Gasteiger partial charge on any atom is 0.262 e. The molecule has 6 heteroatoms. The van der Waals surface area contributed by atoms with Gasteiger partial charge in [-0.05, 0) is 38.1 Å². The molecule has 2 rings (SSSR count). The third kappa shape index (κ3) is 3.97. The summed E-state index contributed by atoms with van der Waals surface area (Å²) in [6.07, 6.45) is 0.465. The number of carbonyl (C=O) groups excluding carboxylic acids is 2. The number of ketones is 1. The first kappa shape index (κ1) is 16.7. The van der Waals surface area contributed by atoms with Crippen molar-refractivity contribution in [3.63, 3.8) is 0 Å². The fourth-order valence-electron chi connectivity index (χ4n) is 2.22. The van der Waals surface area contributed by atoms with E-state index < -0.39 is 0 Å². The van der Waals surface area contributed by atoms with E-state index in [-0.39, 0.29) is 18.3 Å². The van der Waals surface area contributed by atoms with E-state index in [2.05, 4.69) is 10.4 Å². The summed E-state index contributed by atoms with van der Waals surface area (Å²) >= 11 is 0. The molecule has 0 radical (unpaired) electrons. The molecule has 0 atom stereocenters. The number of Topliss-reactive ketones (excluding diaryl/α,β-unsaturated/α-hetero) is 1. The van der Waals surface area contributed by atoms with Crippen LogP contribution < -0.4 is 10.1 Å². The lowest BCUT2D eigenvalue weighted by molar-refractivity contribution is -0.118. The highest BCUT2D eigenvalue weighted by atomic mass is 16.5. The second-order valence-corrected chi connectivity index (χ2v) is 5.31. The summed E-state index contributed by atoms with van der Waals surface area (Å²) in [5, 5.41) is 7.05. The fraction of sp³-hybridized carbons (Fsp3) is 0.353. The highest BCUT2D eigenvalue weighted by Crippen LogP contribution is 2.18. The van der Waals surface area contributed by atoms with Gasteiger partial charge in [-0.15, -0.1) is 0 Å². The van der Waals surface area contributed by atoms with Crippen LogP contribution in [-0.2, 0) is 11.8 Å². The van der Waals surface area contributed by atoms with Crippen molar-refractivity contribution in [3.05, 3.63) is 41.2 Å². The lowest BCUT2D eigenvalue weighted by Crippen LogP contribution is -2.20. The smallest absolute Gasteiger partial charge is 0.262 e. The van der Waals surface area contributed by atoms with Crippen molar-refractivity contribution < 1.29 is 14.3 Å². The Morgan fingerprint density at radius 2 is 1.87 bits per heavy atom. The number of anilines is 1. The molecule has 1 amide bonds. The lowest BCUT2D eigenvalue weighted by Gasteiger charge is -2.08. The molecule has 1 aromatic heterocycles. The molecule has 6 nitrogen and oxygen atoms in total. The zero-order valence-electron chi connectivity index (χ0n) is 13.8. The minimum absolute atomic E-state index is 0.0804. The van der Waals surface area contributed by atoms with Gasteiger partial charge in [0.15, 0.2) is 12.4 Å². The van der Waals surface area contributed by atoms with Crippen LogP contribution in [0.25, 0.3) is 0 Å². The Bertz CT molecular complexity index is 717. The Morgan fingerprint density at radius 3 is 2.39 bits per heavy atom. The highest BCUT2D eigenvalue weighted by Gasteiger charge is 2.13. The van der Waals surface area contributed by atoms with Crippen LogP contribution in [0, 0.1) is 13.8 Å².